The van der Waals surface area contributed by atoms with Crippen LogP contribution in [0.25, 0.3) is 0 Å². The molecule has 1 saturated carbocycles. The van der Waals surface area contributed by atoms with Gasteiger partial charge in [0.05, 0.1) is 0 Å². The molecule has 2 rings (SSSR count). The predicted molar refractivity (Wildman–Crippen MR) is 87.5 cm³/mol. The van der Waals surface area contributed by atoms with Crippen LogP contribution < -0.4 is 10.1 Å². The van der Waals surface area contributed by atoms with Crippen LogP contribution in [0.4, 0.5) is 0 Å². The molecule has 0 bridgehead atoms. The van der Waals surface area contributed by atoms with Crippen molar-refractivity contribution < 1.29 is 9.53 Å². The molecule has 1 aromatic carbocycles. The summed E-state index contributed by atoms with van der Waals surface area (Å²) in [5, 5.41) is 3.13. The number of hydrogen-bond donors (Lipinski definition) is 1. The Balaban J connectivity index is 2.06. The highest BCUT2D eigenvalue weighted by atomic mass is 79.9. The summed E-state index contributed by atoms with van der Waals surface area (Å²) < 4.78 is 6.87. The summed E-state index contributed by atoms with van der Waals surface area (Å²) in [6.45, 7) is 5.61. The minimum absolute atomic E-state index is 0.0812. The first kappa shape index (κ1) is 16.3. The van der Waals surface area contributed by atoms with Crippen molar-refractivity contribution in [1.29, 1.82) is 0 Å². The van der Waals surface area contributed by atoms with Crippen LogP contribution in [0.2, 0.25) is 0 Å². The number of nitrogens with zero attached hydrogens (tertiary/aromatic N) is 1. The van der Waals surface area contributed by atoms with Crippen LogP contribution in [-0.4, -0.2) is 37.0 Å². The lowest BCUT2D eigenvalue weighted by atomic mass is 10.1. The number of amides is 1. The molecule has 0 unspecified atom stereocenters. The average molecular weight is 355 g/mol. The van der Waals surface area contributed by atoms with E-state index in [2.05, 4.69) is 21.2 Å². The van der Waals surface area contributed by atoms with Gasteiger partial charge in [-0.3, -0.25) is 4.79 Å². The van der Waals surface area contributed by atoms with Gasteiger partial charge in [-0.1, -0.05) is 15.9 Å². The van der Waals surface area contributed by atoms with Gasteiger partial charge in [-0.05, 0) is 51.4 Å². The Morgan fingerprint density at radius 2 is 2.19 bits per heavy atom. The molecule has 4 nitrogen and oxygen atoms in total. The van der Waals surface area contributed by atoms with Crippen LogP contribution in [0.5, 0.6) is 5.75 Å². The number of halogens is 1. The van der Waals surface area contributed by atoms with Crippen LogP contribution in [0.1, 0.15) is 30.9 Å². The summed E-state index contributed by atoms with van der Waals surface area (Å²) in [5.41, 5.74) is 2.10. The lowest BCUT2D eigenvalue weighted by Gasteiger charge is -2.21. The van der Waals surface area contributed by atoms with E-state index in [0.29, 0.717) is 12.6 Å². The van der Waals surface area contributed by atoms with E-state index in [0.717, 1.165) is 40.7 Å². The number of rotatable bonds is 7. The molecular formula is C16H23BrN2O2. The van der Waals surface area contributed by atoms with Gasteiger partial charge in [-0.2, -0.15) is 0 Å². The summed E-state index contributed by atoms with van der Waals surface area (Å²) in [5.74, 6) is 0.894. The predicted octanol–water partition coefficient (Wildman–Crippen LogP) is 2.87. The molecule has 0 saturated heterocycles. The van der Waals surface area contributed by atoms with Crippen molar-refractivity contribution in [2.45, 2.75) is 39.3 Å². The zero-order valence-corrected chi connectivity index (χ0v) is 14.5. The second-order valence-corrected chi connectivity index (χ2v) is 6.36. The van der Waals surface area contributed by atoms with Crippen LogP contribution in [-0.2, 0) is 11.3 Å². The van der Waals surface area contributed by atoms with E-state index in [1.54, 1.807) is 0 Å². The molecule has 0 aromatic heterocycles. The standard InChI is InChI=1S/C16H23BrN2O2/c1-4-19(14-5-6-14)15(20)10-21-16-11(2)7-13(17)8-12(16)9-18-3/h7-8,14,18H,4-6,9-10H2,1-3H3. The molecule has 1 aliphatic carbocycles. The van der Waals surface area contributed by atoms with Gasteiger partial charge in [-0.15, -0.1) is 0 Å². The SMILES string of the molecule is CCN(C(=O)COc1c(C)cc(Br)cc1CNC)C1CC1. The number of aryl methyl sites for hydroxylation is 1. The highest BCUT2D eigenvalue weighted by Gasteiger charge is 2.31. The summed E-state index contributed by atoms with van der Waals surface area (Å²) in [6, 6.07) is 4.48. The topological polar surface area (TPSA) is 41.6 Å². The van der Waals surface area contributed by atoms with E-state index in [1.165, 1.54) is 0 Å². The zero-order chi connectivity index (χ0) is 15.4. The van der Waals surface area contributed by atoms with Crippen molar-refractivity contribution in [3.8, 4) is 5.75 Å². The molecule has 1 fully saturated rings. The number of carbonyl (C=O) groups excluding carboxylic acids is 1. The van der Waals surface area contributed by atoms with Gasteiger partial charge in [0.15, 0.2) is 6.61 Å². The second kappa shape index (κ2) is 7.27. The van der Waals surface area contributed by atoms with Crippen LogP contribution in [0, 0.1) is 6.92 Å². The molecule has 0 radical (unpaired) electrons. The number of carbonyl (C=O) groups is 1. The molecule has 1 N–H and O–H groups in total. The van der Waals surface area contributed by atoms with E-state index >= 15 is 0 Å². The minimum Gasteiger partial charge on any atom is -0.483 e. The number of nitrogens with one attached hydrogen (secondary N) is 1. The normalized spacial score (nSPS) is 14.1. The largest absolute Gasteiger partial charge is 0.483 e. The number of ether oxygens (including phenoxy) is 1. The third-order valence-corrected chi connectivity index (χ3v) is 4.13. The third-order valence-electron chi connectivity index (χ3n) is 3.67. The lowest BCUT2D eigenvalue weighted by Crippen LogP contribution is -2.36. The van der Waals surface area contributed by atoms with Gasteiger partial charge < -0.3 is 15.0 Å². The maximum atomic E-state index is 12.3. The van der Waals surface area contributed by atoms with Crippen molar-refractivity contribution >= 4 is 21.8 Å². The number of benzene rings is 1. The van der Waals surface area contributed by atoms with Gasteiger partial charge in [0.1, 0.15) is 5.75 Å². The fourth-order valence-corrected chi connectivity index (χ4v) is 3.19. The van der Waals surface area contributed by atoms with Gasteiger partial charge in [0.25, 0.3) is 5.91 Å². The maximum absolute atomic E-state index is 12.3. The second-order valence-electron chi connectivity index (χ2n) is 5.44. The summed E-state index contributed by atoms with van der Waals surface area (Å²) in [4.78, 5) is 14.2. The third kappa shape index (κ3) is 4.20. The first-order chi connectivity index (χ1) is 10.1. The van der Waals surface area contributed by atoms with Crippen molar-refractivity contribution in [2.75, 3.05) is 20.2 Å². The lowest BCUT2D eigenvalue weighted by molar-refractivity contribution is -0.133. The average Bonchev–Trinajstić information content (AvgIpc) is 3.23. The Kier molecular flexibility index (Phi) is 5.65. The minimum atomic E-state index is 0.0812. The van der Waals surface area contributed by atoms with Crippen molar-refractivity contribution in [1.82, 2.24) is 10.2 Å². The monoisotopic (exact) mass is 354 g/mol. The Morgan fingerprint density at radius 3 is 2.76 bits per heavy atom. The van der Waals surface area contributed by atoms with Gasteiger partial charge >= 0.3 is 0 Å². The van der Waals surface area contributed by atoms with Crippen LogP contribution in [0.15, 0.2) is 16.6 Å². The van der Waals surface area contributed by atoms with Crippen LogP contribution in [0.3, 0.4) is 0 Å². The fraction of sp³-hybridized carbons (Fsp3) is 0.562. The molecule has 21 heavy (non-hydrogen) atoms. The number of hydrogen-bond acceptors (Lipinski definition) is 3. The highest BCUT2D eigenvalue weighted by molar-refractivity contribution is 9.10. The highest BCUT2D eigenvalue weighted by Crippen LogP contribution is 2.29. The van der Waals surface area contributed by atoms with Crippen LogP contribution >= 0.6 is 15.9 Å². The molecule has 116 valence electrons. The van der Waals surface area contributed by atoms with E-state index in [1.807, 2.05) is 37.9 Å². The zero-order valence-electron chi connectivity index (χ0n) is 12.9. The first-order valence-corrected chi connectivity index (χ1v) is 8.22. The fourth-order valence-electron chi connectivity index (χ4n) is 2.57. The van der Waals surface area contributed by atoms with Crippen molar-refractivity contribution in [3.05, 3.63) is 27.7 Å². The van der Waals surface area contributed by atoms with E-state index in [4.69, 9.17) is 4.74 Å². The van der Waals surface area contributed by atoms with Crippen molar-refractivity contribution in [3.63, 3.8) is 0 Å². The van der Waals surface area contributed by atoms with E-state index in [9.17, 15) is 4.79 Å². The maximum Gasteiger partial charge on any atom is 0.260 e. The molecule has 1 aromatic rings. The van der Waals surface area contributed by atoms with Gasteiger partial charge in [0, 0.05) is 29.2 Å². The Hall–Kier alpha value is -1.07. The molecule has 1 aliphatic rings. The van der Waals surface area contributed by atoms with E-state index in [-0.39, 0.29) is 12.5 Å². The van der Waals surface area contributed by atoms with Gasteiger partial charge in [-0.25, -0.2) is 0 Å². The van der Waals surface area contributed by atoms with Gasteiger partial charge in [0.2, 0.25) is 0 Å². The Labute approximate surface area is 135 Å². The molecule has 0 spiro atoms. The Bertz CT molecular complexity index is 515. The molecular weight excluding hydrogens is 332 g/mol. The smallest absolute Gasteiger partial charge is 0.260 e. The molecule has 1 amide bonds. The quantitative estimate of drug-likeness (QED) is 0.818. The van der Waals surface area contributed by atoms with Crippen molar-refractivity contribution in [2.24, 2.45) is 0 Å². The molecule has 0 heterocycles. The first-order valence-electron chi connectivity index (χ1n) is 7.42. The Morgan fingerprint density at radius 1 is 1.48 bits per heavy atom. The summed E-state index contributed by atoms with van der Waals surface area (Å²) >= 11 is 3.50. The summed E-state index contributed by atoms with van der Waals surface area (Å²) in [7, 11) is 1.90. The molecule has 0 atom stereocenters. The molecule has 5 heteroatoms. The van der Waals surface area contributed by atoms with E-state index < -0.39 is 0 Å². The summed E-state index contributed by atoms with van der Waals surface area (Å²) in [6.07, 6.45) is 2.25. The number of likely N-dealkylation sites (N-methyl/N-ethyl adjacent to an activating group) is 1. The molecule has 0 aliphatic heterocycles.